The number of imidazole rings is 1. The fraction of sp³-hybridized carbons (Fsp3) is 0.357. The Hall–Kier alpha value is -2.55. The van der Waals surface area contributed by atoms with Crippen LogP contribution < -0.4 is 0 Å². The van der Waals surface area contributed by atoms with Crippen molar-refractivity contribution >= 4 is 17.1 Å². The van der Waals surface area contributed by atoms with Gasteiger partial charge in [-0.3, -0.25) is 0 Å². The third kappa shape index (κ3) is 1.88. The number of carbonyl (C=O) groups excluding carboxylic acids is 1. The van der Waals surface area contributed by atoms with E-state index < -0.39 is 0 Å². The standard InChI is InChI=1S/C14H15N5O/c1-9-16-11-4-3-10(7-12(11)17-9)13-8-19(6-5-15)14(20)18(13)2/h3-4,7,13H,6,8H2,1-2H3,(H,16,17). The van der Waals surface area contributed by atoms with Crippen molar-refractivity contribution in [3.8, 4) is 6.07 Å². The second-order valence-corrected chi connectivity index (χ2v) is 5.05. The third-order valence-corrected chi connectivity index (χ3v) is 3.70. The van der Waals surface area contributed by atoms with Gasteiger partial charge < -0.3 is 14.8 Å². The van der Waals surface area contributed by atoms with Crippen LogP contribution in [0.3, 0.4) is 0 Å². The summed E-state index contributed by atoms with van der Waals surface area (Å²) >= 11 is 0. The molecule has 1 N–H and O–H groups in total. The molecule has 20 heavy (non-hydrogen) atoms. The Labute approximate surface area is 116 Å². The van der Waals surface area contributed by atoms with E-state index in [0.29, 0.717) is 6.54 Å². The van der Waals surface area contributed by atoms with E-state index in [4.69, 9.17) is 5.26 Å². The van der Waals surface area contributed by atoms with Crippen molar-refractivity contribution in [3.63, 3.8) is 0 Å². The van der Waals surface area contributed by atoms with Crippen molar-refractivity contribution in [2.45, 2.75) is 13.0 Å². The topological polar surface area (TPSA) is 76.0 Å². The predicted octanol–water partition coefficient (Wildman–Crippen LogP) is 1.80. The monoisotopic (exact) mass is 269 g/mol. The van der Waals surface area contributed by atoms with E-state index in [1.807, 2.05) is 31.2 Å². The fourth-order valence-electron chi connectivity index (χ4n) is 2.67. The average Bonchev–Trinajstić information content (AvgIpc) is 2.92. The van der Waals surface area contributed by atoms with E-state index >= 15 is 0 Å². The number of likely N-dealkylation sites (N-methyl/N-ethyl adjacent to an activating group) is 1. The lowest BCUT2D eigenvalue weighted by molar-refractivity contribution is 0.199. The van der Waals surface area contributed by atoms with Gasteiger partial charge in [0.15, 0.2) is 0 Å². The van der Waals surface area contributed by atoms with Gasteiger partial charge >= 0.3 is 6.03 Å². The van der Waals surface area contributed by atoms with Crippen molar-refractivity contribution < 1.29 is 4.79 Å². The molecule has 1 aliphatic rings. The van der Waals surface area contributed by atoms with Gasteiger partial charge in [-0.2, -0.15) is 5.26 Å². The lowest BCUT2D eigenvalue weighted by Gasteiger charge is -2.17. The Kier molecular flexibility index (Phi) is 2.83. The van der Waals surface area contributed by atoms with Crippen LogP contribution in [0.1, 0.15) is 17.4 Å². The first-order valence-electron chi connectivity index (χ1n) is 6.45. The van der Waals surface area contributed by atoms with Crippen molar-refractivity contribution in [2.24, 2.45) is 0 Å². The van der Waals surface area contributed by atoms with Gasteiger partial charge in [0.1, 0.15) is 12.4 Å². The summed E-state index contributed by atoms with van der Waals surface area (Å²) in [6.45, 7) is 2.59. The molecule has 2 amide bonds. The number of nitrogens with zero attached hydrogens (tertiary/aromatic N) is 4. The summed E-state index contributed by atoms with van der Waals surface area (Å²) in [5.41, 5.74) is 2.95. The lowest BCUT2D eigenvalue weighted by Crippen LogP contribution is -2.29. The molecule has 1 unspecified atom stereocenters. The number of nitrogens with one attached hydrogen (secondary N) is 1. The van der Waals surface area contributed by atoms with E-state index in [2.05, 4.69) is 9.97 Å². The molecule has 0 aliphatic carbocycles. The van der Waals surface area contributed by atoms with Crippen molar-refractivity contribution in [1.82, 2.24) is 19.8 Å². The maximum absolute atomic E-state index is 12.0. The number of rotatable bonds is 2. The third-order valence-electron chi connectivity index (χ3n) is 3.70. The maximum Gasteiger partial charge on any atom is 0.321 e. The molecule has 1 atom stereocenters. The van der Waals surface area contributed by atoms with Crippen LogP contribution in [0.25, 0.3) is 11.0 Å². The van der Waals surface area contributed by atoms with Gasteiger partial charge in [0.25, 0.3) is 0 Å². The molecule has 1 fully saturated rings. The van der Waals surface area contributed by atoms with Gasteiger partial charge in [-0.05, 0) is 24.6 Å². The molecule has 0 radical (unpaired) electrons. The second kappa shape index (κ2) is 4.53. The molecule has 3 rings (SSSR count). The number of amides is 2. The zero-order valence-electron chi connectivity index (χ0n) is 11.4. The first kappa shape index (κ1) is 12.5. The number of benzene rings is 1. The molecule has 1 aromatic carbocycles. The van der Waals surface area contributed by atoms with E-state index in [-0.39, 0.29) is 18.6 Å². The minimum absolute atomic E-state index is 0.0242. The Morgan fingerprint density at radius 1 is 1.55 bits per heavy atom. The molecule has 102 valence electrons. The minimum Gasteiger partial charge on any atom is -0.342 e. The normalized spacial score (nSPS) is 18.9. The molecule has 0 saturated carbocycles. The SMILES string of the molecule is Cc1nc2ccc(C3CN(CC#N)C(=O)N3C)cc2[nH]1. The van der Waals surface area contributed by atoms with E-state index in [9.17, 15) is 4.79 Å². The molecule has 0 spiro atoms. The zero-order chi connectivity index (χ0) is 14.3. The zero-order valence-corrected chi connectivity index (χ0v) is 11.4. The Morgan fingerprint density at radius 2 is 2.35 bits per heavy atom. The van der Waals surface area contributed by atoms with Crippen molar-refractivity contribution in [3.05, 3.63) is 29.6 Å². The van der Waals surface area contributed by atoms with Gasteiger partial charge in [-0.15, -0.1) is 0 Å². The van der Waals surface area contributed by atoms with Gasteiger partial charge in [-0.25, -0.2) is 9.78 Å². The van der Waals surface area contributed by atoms with Gasteiger partial charge in [-0.1, -0.05) is 6.07 Å². The number of H-pyrrole nitrogens is 1. The number of fused-ring (bicyclic) bond motifs is 1. The summed E-state index contributed by atoms with van der Waals surface area (Å²) in [5.74, 6) is 0.874. The van der Waals surface area contributed by atoms with E-state index in [1.165, 1.54) is 0 Å². The van der Waals surface area contributed by atoms with Gasteiger partial charge in [0.2, 0.25) is 0 Å². The Balaban J connectivity index is 1.94. The number of aromatic nitrogens is 2. The van der Waals surface area contributed by atoms with Crippen LogP contribution in [0, 0.1) is 18.3 Å². The smallest absolute Gasteiger partial charge is 0.321 e. The molecule has 1 aliphatic heterocycles. The number of hydrogen-bond acceptors (Lipinski definition) is 3. The lowest BCUT2D eigenvalue weighted by atomic mass is 10.1. The predicted molar refractivity (Wildman–Crippen MR) is 73.9 cm³/mol. The number of nitriles is 1. The number of aryl methyl sites for hydroxylation is 1. The van der Waals surface area contributed by atoms with Crippen LogP contribution in [0.4, 0.5) is 4.79 Å². The summed E-state index contributed by atoms with van der Waals surface area (Å²) in [7, 11) is 1.77. The summed E-state index contributed by atoms with van der Waals surface area (Å²) < 4.78 is 0. The molecule has 2 heterocycles. The van der Waals surface area contributed by atoms with Crippen LogP contribution in [0.5, 0.6) is 0 Å². The minimum atomic E-state index is -0.0996. The largest absolute Gasteiger partial charge is 0.342 e. The maximum atomic E-state index is 12.0. The summed E-state index contributed by atoms with van der Waals surface area (Å²) in [4.78, 5) is 22.8. The highest BCUT2D eigenvalue weighted by molar-refractivity contribution is 5.79. The van der Waals surface area contributed by atoms with E-state index in [0.717, 1.165) is 22.4 Å². The molecule has 6 heteroatoms. The number of aromatic amines is 1. The van der Waals surface area contributed by atoms with Crippen LogP contribution in [-0.2, 0) is 0 Å². The van der Waals surface area contributed by atoms with Crippen LogP contribution in [-0.4, -0.2) is 45.9 Å². The summed E-state index contributed by atoms with van der Waals surface area (Å²) in [5, 5.41) is 8.76. The summed E-state index contributed by atoms with van der Waals surface area (Å²) in [6, 6.07) is 7.88. The van der Waals surface area contributed by atoms with Crippen LogP contribution in [0.2, 0.25) is 0 Å². The Bertz CT molecular complexity index is 714. The Morgan fingerprint density at radius 3 is 3.10 bits per heavy atom. The van der Waals surface area contributed by atoms with Crippen molar-refractivity contribution in [1.29, 1.82) is 5.26 Å². The highest BCUT2D eigenvalue weighted by atomic mass is 16.2. The first-order chi connectivity index (χ1) is 9.60. The molecule has 2 aromatic rings. The number of carbonyl (C=O) groups is 1. The molecular weight excluding hydrogens is 254 g/mol. The molecule has 0 bridgehead atoms. The average molecular weight is 269 g/mol. The first-order valence-corrected chi connectivity index (χ1v) is 6.45. The van der Waals surface area contributed by atoms with Gasteiger partial charge in [0.05, 0.1) is 23.1 Å². The molecule has 6 nitrogen and oxygen atoms in total. The molecule has 1 aromatic heterocycles. The van der Waals surface area contributed by atoms with Gasteiger partial charge in [0, 0.05) is 13.6 Å². The molecule has 1 saturated heterocycles. The highest BCUT2D eigenvalue weighted by Crippen LogP contribution is 2.29. The quantitative estimate of drug-likeness (QED) is 0.845. The van der Waals surface area contributed by atoms with Crippen LogP contribution in [0.15, 0.2) is 18.2 Å². The van der Waals surface area contributed by atoms with Crippen molar-refractivity contribution in [2.75, 3.05) is 20.1 Å². The molecular formula is C14H15N5O. The summed E-state index contributed by atoms with van der Waals surface area (Å²) in [6.07, 6.45) is 0. The second-order valence-electron chi connectivity index (χ2n) is 5.05. The fourth-order valence-corrected chi connectivity index (χ4v) is 2.67. The highest BCUT2D eigenvalue weighted by Gasteiger charge is 2.35. The number of hydrogen-bond donors (Lipinski definition) is 1. The number of urea groups is 1. The van der Waals surface area contributed by atoms with E-state index in [1.54, 1.807) is 16.8 Å². The van der Waals surface area contributed by atoms with Crippen LogP contribution >= 0.6 is 0 Å².